The van der Waals surface area contributed by atoms with Gasteiger partial charge >= 0.3 is 0 Å². The van der Waals surface area contributed by atoms with Crippen molar-refractivity contribution in [3.05, 3.63) is 46.7 Å². The van der Waals surface area contributed by atoms with Crippen molar-refractivity contribution >= 4 is 21.8 Å². The average Bonchev–Trinajstić information content (AvgIpc) is 2.90. The number of rotatable bonds is 5. The minimum Gasteiger partial charge on any atom is -0.484 e. The van der Waals surface area contributed by atoms with Gasteiger partial charge in [0.25, 0.3) is 5.91 Å². The highest BCUT2D eigenvalue weighted by atomic mass is 79.9. The number of aromatic amines is 1. The Morgan fingerprint density at radius 3 is 2.79 bits per heavy atom. The molecule has 1 heterocycles. The number of hydrogen-bond acceptors (Lipinski definition) is 3. The summed E-state index contributed by atoms with van der Waals surface area (Å²) < 4.78 is 6.40. The van der Waals surface area contributed by atoms with Crippen LogP contribution in [0.15, 0.2) is 41.1 Å². The normalized spacial score (nSPS) is 10.2. The van der Waals surface area contributed by atoms with Gasteiger partial charge in [-0.1, -0.05) is 15.9 Å². The SMILES string of the molecule is CN(Cc1cn[nH]c1)C(=O)COc1ccc(Br)cc1. The second-order valence-electron chi connectivity index (χ2n) is 4.10. The molecule has 0 spiro atoms. The van der Waals surface area contributed by atoms with E-state index >= 15 is 0 Å². The molecule has 100 valence electrons. The van der Waals surface area contributed by atoms with Gasteiger partial charge in [0.1, 0.15) is 5.75 Å². The highest BCUT2D eigenvalue weighted by Gasteiger charge is 2.10. The number of benzene rings is 1. The maximum atomic E-state index is 11.9. The molecule has 0 saturated heterocycles. The van der Waals surface area contributed by atoms with Crippen molar-refractivity contribution in [2.24, 2.45) is 0 Å². The molecule has 2 rings (SSSR count). The van der Waals surface area contributed by atoms with Gasteiger partial charge in [-0.05, 0) is 24.3 Å². The summed E-state index contributed by atoms with van der Waals surface area (Å²) >= 11 is 3.34. The summed E-state index contributed by atoms with van der Waals surface area (Å²) in [4.78, 5) is 13.5. The number of ether oxygens (including phenoxy) is 1. The zero-order valence-electron chi connectivity index (χ0n) is 10.5. The molecule has 1 aromatic heterocycles. The number of aromatic nitrogens is 2. The van der Waals surface area contributed by atoms with Gasteiger partial charge in [-0.3, -0.25) is 9.89 Å². The zero-order chi connectivity index (χ0) is 13.7. The second kappa shape index (κ2) is 6.38. The number of nitrogens with one attached hydrogen (secondary N) is 1. The molecule has 1 amide bonds. The third kappa shape index (κ3) is 4.10. The van der Waals surface area contributed by atoms with Crippen molar-refractivity contribution < 1.29 is 9.53 Å². The van der Waals surface area contributed by atoms with E-state index in [1.807, 2.05) is 24.3 Å². The molecular weight excluding hydrogens is 310 g/mol. The summed E-state index contributed by atoms with van der Waals surface area (Å²) in [6, 6.07) is 7.37. The highest BCUT2D eigenvalue weighted by Crippen LogP contribution is 2.16. The second-order valence-corrected chi connectivity index (χ2v) is 5.01. The Morgan fingerprint density at radius 1 is 1.42 bits per heavy atom. The van der Waals surface area contributed by atoms with E-state index in [2.05, 4.69) is 26.1 Å². The summed E-state index contributed by atoms with van der Waals surface area (Å²) in [5, 5.41) is 6.55. The lowest BCUT2D eigenvalue weighted by Gasteiger charge is -2.16. The van der Waals surface area contributed by atoms with E-state index in [1.165, 1.54) is 0 Å². The Labute approximate surface area is 119 Å². The largest absolute Gasteiger partial charge is 0.484 e. The van der Waals surface area contributed by atoms with Gasteiger partial charge in [0.15, 0.2) is 6.61 Å². The molecule has 0 saturated carbocycles. The van der Waals surface area contributed by atoms with E-state index in [4.69, 9.17) is 4.74 Å². The Balaban J connectivity index is 1.82. The number of likely N-dealkylation sites (N-methyl/N-ethyl adjacent to an activating group) is 1. The predicted octanol–water partition coefficient (Wildman–Crippen LogP) is 2.21. The fraction of sp³-hybridized carbons (Fsp3) is 0.231. The molecule has 0 bridgehead atoms. The first-order chi connectivity index (χ1) is 9.15. The topological polar surface area (TPSA) is 58.2 Å². The molecule has 2 aromatic rings. The van der Waals surface area contributed by atoms with Gasteiger partial charge < -0.3 is 9.64 Å². The molecule has 0 aliphatic rings. The fourth-order valence-corrected chi connectivity index (χ4v) is 1.78. The molecule has 0 unspecified atom stereocenters. The lowest BCUT2D eigenvalue weighted by Crippen LogP contribution is -2.30. The summed E-state index contributed by atoms with van der Waals surface area (Å²) in [5.74, 6) is 0.595. The van der Waals surface area contributed by atoms with E-state index in [1.54, 1.807) is 24.3 Å². The molecular formula is C13H14BrN3O2. The van der Waals surface area contributed by atoms with Crippen molar-refractivity contribution in [2.75, 3.05) is 13.7 Å². The lowest BCUT2D eigenvalue weighted by atomic mass is 10.3. The van der Waals surface area contributed by atoms with Crippen molar-refractivity contribution in [2.45, 2.75) is 6.54 Å². The first-order valence-electron chi connectivity index (χ1n) is 5.75. The Kier molecular flexibility index (Phi) is 4.57. The lowest BCUT2D eigenvalue weighted by molar-refractivity contribution is -0.132. The minimum absolute atomic E-state index is 0.0238. The van der Waals surface area contributed by atoms with Crippen molar-refractivity contribution in [3.8, 4) is 5.75 Å². The number of carbonyl (C=O) groups is 1. The van der Waals surface area contributed by atoms with Gasteiger partial charge in [-0.2, -0.15) is 5.10 Å². The van der Waals surface area contributed by atoms with Gasteiger partial charge in [0.2, 0.25) is 0 Å². The monoisotopic (exact) mass is 323 g/mol. The molecule has 5 nitrogen and oxygen atoms in total. The van der Waals surface area contributed by atoms with E-state index in [9.17, 15) is 4.79 Å². The smallest absolute Gasteiger partial charge is 0.260 e. The predicted molar refractivity (Wildman–Crippen MR) is 74.7 cm³/mol. The molecule has 19 heavy (non-hydrogen) atoms. The van der Waals surface area contributed by atoms with Crippen LogP contribution < -0.4 is 4.74 Å². The molecule has 1 N–H and O–H groups in total. The number of hydrogen-bond donors (Lipinski definition) is 1. The van der Waals surface area contributed by atoms with Crippen LogP contribution in [-0.4, -0.2) is 34.7 Å². The number of halogens is 1. The average molecular weight is 324 g/mol. The van der Waals surface area contributed by atoms with Crippen LogP contribution in [0.2, 0.25) is 0 Å². The molecule has 0 atom stereocenters. The number of nitrogens with zero attached hydrogens (tertiary/aromatic N) is 2. The van der Waals surface area contributed by atoms with Crippen LogP contribution in [0.3, 0.4) is 0 Å². The van der Waals surface area contributed by atoms with Crippen LogP contribution in [0, 0.1) is 0 Å². The molecule has 1 aromatic carbocycles. The Hall–Kier alpha value is -1.82. The van der Waals surface area contributed by atoms with Crippen LogP contribution in [0.1, 0.15) is 5.56 Å². The Morgan fingerprint density at radius 2 is 2.16 bits per heavy atom. The summed E-state index contributed by atoms with van der Waals surface area (Å²) in [5.41, 5.74) is 0.958. The standard InChI is InChI=1S/C13H14BrN3O2/c1-17(8-10-6-15-16-7-10)13(18)9-19-12-4-2-11(14)3-5-12/h2-7H,8-9H2,1H3,(H,15,16). The van der Waals surface area contributed by atoms with Crippen LogP contribution in [0.4, 0.5) is 0 Å². The van der Waals surface area contributed by atoms with Crippen LogP contribution in [0.5, 0.6) is 5.75 Å². The Bertz CT molecular complexity index is 525. The van der Waals surface area contributed by atoms with Crippen LogP contribution >= 0.6 is 15.9 Å². The van der Waals surface area contributed by atoms with E-state index in [0.29, 0.717) is 12.3 Å². The van der Waals surface area contributed by atoms with Crippen LogP contribution in [-0.2, 0) is 11.3 Å². The summed E-state index contributed by atoms with van der Waals surface area (Å²) in [7, 11) is 1.74. The molecule has 6 heteroatoms. The van der Waals surface area contributed by atoms with E-state index in [0.717, 1.165) is 10.0 Å². The zero-order valence-corrected chi connectivity index (χ0v) is 12.1. The maximum absolute atomic E-state index is 11.9. The molecule has 0 aliphatic carbocycles. The highest BCUT2D eigenvalue weighted by molar-refractivity contribution is 9.10. The van der Waals surface area contributed by atoms with E-state index in [-0.39, 0.29) is 12.5 Å². The number of carbonyl (C=O) groups excluding carboxylic acids is 1. The summed E-state index contributed by atoms with van der Waals surface area (Å²) in [6.07, 6.45) is 3.46. The first-order valence-corrected chi connectivity index (χ1v) is 6.54. The maximum Gasteiger partial charge on any atom is 0.260 e. The third-order valence-corrected chi connectivity index (χ3v) is 3.10. The van der Waals surface area contributed by atoms with Gasteiger partial charge in [0.05, 0.1) is 6.20 Å². The minimum atomic E-state index is -0.0795. The summed E-state index contributed by atoms with van der Waals surface area (Å²) in [6.45, 7) is 0.537. The molecule has 0 radical (unpaired) electrons. The van der Waals surface area contributed by atoms with E-state index < -0.39 is 0 Å². The quantitative estimate of drug-likeness (QED) is 0.917. The molecule has 0 fully saturated rings. The number of amides is 1. The molecule has 0 aliphatic heterocycles. The third-order valence-electron chi connectivity index (χ3n) is 2.58. The van der Waals surface area contributed by atoms with Crippen molar-refractivity contribution in [1.29, 1.82) is 0 Å². The van der Waals surface area contributed by atoms with Gasteiger partial charge in [0, 0.05) is 29.8 Å². The fourth-order valence-electron chi connectivity index (χ4n) is 1.51. The van der Waals surface area contributed by atoms with Gasteiger partial charge in [-0.25, -0.2) is 0 Å². The van der Waals surface area contributed by atoms with Gasteiger partial charge in [-0.15, -0.1) is 0 Å². The van der Waals surface area contributed by atoms with Crippen molar-refractivity contribution in [1.82, 2.24) is 15.1 Å². The van der Waals surface area contributed by atoms with Crippen molar-refractivity contribution in [3.63, 3.8) is 0 Å². The van der Waals surface area contributed by atoms with Crippen LogP contribution in [0.25, 0.3) is 0 Å². The first kappa shape index (κ1) is 13.6. The number of H-pyrrole nitrogens is 1.